The molecule has 6 heteroatoms. The summed E-state index contributed by atoms with van der Waals surface area (Å²) in [6, 6.07) is 0. The minimum atomic E-state index is -3.20. The minimum Gasteiger partial charge on any atom is -0.383 e. The van der Waals surface area contributed by atoms with Gasteiger partial charge in [0.2, 0.25) is 10.0 Å². The number of nitrogens with two attached hydrogens (primary N) is 1. The highest BCUT2D eigenvalue weighted by molar-refractivity contribution is 7.89. The summed E-state index contributed by atoms with van der Waals surface area (Å²) in [4.78, 5) is 0. The van der Waals surface area contributed by atoms with Gasteiger partial charge in [-0.3, -0.25) is 0 Å². The fourth-order valence-corrected chi connectivity index (χ4v) is 3.30. The van der Waals surface area contributed by atoms with Crippen molar-refractivity contribution in [1.29, 1.82) is 0 Å². The summed E-state index contributed by atoms with van der Waals surface area (Å²) in [6.45, 7) is 7.93. The van der Waals surface area contributed by atoms with Gasteiger partial charge in [0, 0.05) is 20.2 Å². The lowest BCUT2D eigenvalue weighted by atomic mass is 9.94. The predicted octanol–water partition coefficient (Wildman–Crippen LogP) is 1.05. The molecular formula is C12H28N2O3S. The average Bonchev–Trinajstić information content (AvgIpc) is 2.25. The van der Waals surface area contributed by atoms with Crippen molar-refractivity contribution >= 4 is 10.0 Å². The second-order valence-electron chi connectivity index (χ2n) is 5.66. The highest BCUT2D eigenvalue weighted by atomic mass is 32.2. The number of sulfonamides is 1. The zero-order chi connectivity index (χ0) is 14.2. The highest BCUT2D eigenvalue weighted by Gasteiger charge is 2.23. The lowest BCUT2D eigenvalue weighted by Crippen LogP contribution is -2.37. The Bertz CT molecular complexity index is 302. The van der Waals surface area contributed by atoms with Crippen LogP contribution in [0.3, 0.4) is 0 Å². The van der Waals surface area contributed by atoms with Crippen LogP contribution in [-0.4, -0.2) is 51.8 Å². The topological polar surface area (TPSA) is 72.6 Å². The molecule has 0 bridgehead atoms. The summed E-state index contributed by atoms with van der Waals surface area (Å²) < 4.78 is 30.9. The van der Waals surface area contributed by atoms with Gasteiger partial charge in [0.05, 0.1) is 12.4 Å². The van der Waals surface area contributed by atoms with Crippen LogP contribution in [0.4, 0.5) is 0 Å². The third-order valence-electron chi connectivity index (χ3n) is 2.66. The van der Waals surface area contributed by atoms with Crippen molar-refractivity contribution in [1.82, 2.24) is 4.31 Å². The van der Waals surface area contributed by atoms with Crippen LogP contribution in [0.1, 0.15) is 33.6 Å². The summed E-state index contributed by atoms with van der Waals surface area (Å²) in [5, 5.41) is 0. The lowest BCUT2D eigenvalue weighted by Gasteiger charge is -2.24. The molecule has 0 amide bonds. The Hall–Kier alpha value is -0.170. The SMILES string of the molecule is COCCN(CCCN)S(=O)(=O)CCC(C)(C)C. The summed E-state index contributed by atoms with van der Waals surface area (Å²) in [5.41, 5.74) is 5.46. The van der Waals surface area contributed by atoms with Crippen molar-refractivity contribution in [2.75, 3.05) is 39.1 Å². The first kappa shape index (κ1) is 17.8. The largest absolute Gasteiger partial charge is 0.383 e. The Morgan fingerprint density at radius 3 is 2.28 bits per heavy atom. The molecular weight excluding hydrogens is 252 g/mol. The van der Waals surface area contributed by atoms with Crippen LogP contribution < -0.4 is 5.73 Å². The van der Waals surface area contributed by atoms with E-state index in [-0.39, 0.29) is 11.2 Å². The van der Waals surface area contributed by atoms with E-state index in [1.54, 1.807) is 7.11 Å². The zero-order valence-electron chi connectivity index (χ0n) is 12.1. The normalized spacial score (nSPS) is 13.2. The molecule has 0 aromatic rings. The molecule has 2 N–H and O–H groups in total. The molecule has 0 aliphatic heterocycles. The number of hydrogen-bond acceptors (Lipinski definition) is 4. The maximum atomic E-state index is 12.2. The van der Waals surface area contributed by atoms with Crippen LogP contribution in [0.15, 0.2) is 0 Å². The summed E-state index contributed by atoms with van der Waals surface area (Å²) >= 11 is 0. The van der Waals surface area contributed by atoms with E-state index in [1.165, 1.54) is 4.31 Å². The van der Waals surface area contributed by atoms with E-state index in [2.05, 4.69) is 0 Å². The van der Waals surface area contributed by atoms with Gasteiger partial charge in [-0.25, -0.2) is 8.42 Å². The molecule has 0 radical (unpaired) electrons. The smallest absolute Gasteiger partial charge is 0.214 e. The second-order valence-corrected chi connectivity index (χ2v) is 7.75. The molecule has 0 heterocycles. The summed E-state index contributed by atoms with van der Waals surface area (Å²) in [5.74, 6) is 0.185. The van der Waals surface area contributed by atoms with Gasteiger partial charge in [-0.1, -0.05) is 20.8 Å². The molecule has 0 atom stereocenters. The second kappa shape index (κ2) is 8.09. The van der Waals surface area contributed by atoms with Crippen molar-refractivity contribution in [2.24, 2.45) is 11.1 Å². The van der Waals surface area contributed by atoms with Crippen LogP contribution in [0.25, 0.3) is 0 Å². The third kappa shape index (κ3) is 8.02. The Morgan fingerprint density at radius 2 is 1.83 bits per heavy atom. The predicted molar refractivity (Wildman–Crippen MR) is 75.0 cm³/mol. The van der Waals surface area contributed by atoms with E-state index in [1.807, 2.05) is 20.8 Å². The molecule has 0 rings (SSSR count). The first-order chi connectivity index (χ1) is 8.23. The van der Waals surface area contributed by atoms with E-state index < -0.39 is 10.0 Å². The van der Waals surface area contributed by atoms with Crippen LogP contribution in [0.2, 0.25) is 0 Å². The quantitative estimate of drug-likeness (QED) is 0.685. The van der Waals surface area contributed by atoms with Gasteiger partial charge in [0.25, 0.3) is 0 Å². The monoisotopic (exact) mass is 280 g/mol. The maximum Gasteiger partial charge on any atom is 0.214 e. The van der Waals surface area contributed by atoms with E-state index >= 15 is 0 Å². The van der Waals surface area contributed by atoms with Gasteiger partial charge in [0.15, 0.2) is 0 Å². The van der Waals surface area contributed by atoms with E-state index in [4.69, 9.17) is 10.5 Å². The summed E-state index contributed by atoms with van der Waals surface area (Å²) in [6.07, 6.45) is 1.33. The molecule has 110 valence electrons. The van der Waals surface area contributed by atoms with Gasteiger partial charge in [-0.2, -0.15) is 4.31 Å². The molecule has 0 saturated carbocycles. The zero-order valence-corrected chi connectivity index (χ0v) is 12.9. The standard InChI is InChI=1S/C12H28N2O3S/c1-12(2,3)6-11-18(15,16)14(8-5-7-13)9-10-17-4/h5-11,13H2,1-4H3. The van der Waals surface area contributed by atoms with Gasteiger partial charge in [0.1, 0.15) is 0 Å². The van der Waals surface area contributed by atoms with Crippen LogP contribution in [0.5, 0.6) is 0 Å². The van der Waals surface area contributed by atoms with Gasteiger partial charge in [-0.05, 0) is 24.8 Å². The van der Waals surface area contributed by atoms with Crippen molar-refractivity contribution < 1.29 is 13.2 Å². The van der Waals surface area contributed by atoms with E-state index in [9.17, 15) is 8.42 Å². The van der Waals surface area contributed by atoms with Crippen LogP contribution in [-0.2, 0) is 14.8 Å². The van der Waals surface area contributed by atoms with Gasteiger partial charge < -0.3 is 10.5 Å². The molecule has 0 aromatic carbocycles. The highest BCUT2D eigenvalue weighted by Crippen LogP contribution is 2.20. The number of ether oxygens (including phenoxy) is 1. The van der Waals surface area contributed by atoms with Crippen LogP contribution in [0, 0.1) is 5.41 Å². The first-order valence-corrected chi connectivity index (χ1v) is 8.00. The van der Waals surface area contributed by atoms with Crippen molar-refractivity contribution in [2.45, 2.75) is 33.6 Å². The van der Waals surface area contributed by atoms with E-state index in [0.717, 1.165) is 0 Å². The molecule has 0 aliphatic carbocycles. The van der Waals surface area contributed by atoms with Crippen molar-refractivity contribution in [3.63, 3.8) is 0 Å². The molecule has 0 saturated heterocycles. The fourth-order valence-electron chi connectivity index (χ4n) is 1.41. The Labute approximate surface area is 112 Å². The third-order valence-corrected chi connectivity index (χ3v) is 4.53. The number of methoxy groups -OCH3 is 1. The molecule has 5 nitrogen and oxygen atoms in total. The first-order valence-electron chi connectivity index (χ1n) is 6.40. The average molecular weight is 280 g/mol. The lowest BCUT2D eigenvalue weighted by molar-refractivity contribution is 0.178. The van der Waals surface area contributed by atoms with Gasteiger partial charge in [-0.15, -0.1) is 0 Å². The molecule has 0 fully saturated rings. The molecule has 0 spiro atoms. The van der Waals surface area contributed by atoms with E-state index in [0.29, 0.717) is 39.1 Å². The Morgan fingerprint density at radius 1 is 1.22 bits per heavy atom. The minimum absolute atomic E-state index is 0.0217. The van der Waals surface area contributed by atoms with Crippen molar-refractivity contribution in [3.8, 4) is 0 Å². The number of nitrogens with zero attached hydrogens (tertiary/aromatic N) is 1. The Kier molecular flexibility index (Phi) is 8.02. The summed E-state index contributed by atoms with van der Waals surface area (Å²) in [7, 11) is -1.63. The number of hydrogen-bond donors (Lipinski definition) is 1. The number of rotatable bonds is 9. The van der Waals surface area contributed by atoms with Gasteiger partial charge >= 0.3 is 0 Å². The molecule has 18 heavy (non-hydrogen) atoms. The molecule has 0 aliphatic rings. The maximum absolute atomic E-state index is 12.2. The molecule has 0 unspecified atom stereocenters. The fraction of sp³-hybridized carbons (Fsp3) is 1.00. The van der Waals surface area contributed by atoms with Crippen molar-refractivity contribution in [3.05, 3.63) is 0 Å². The molecule has 0 aromatic heterocycles. The van der Waals surface area contributed by atoms with Crippen LogP contribution >= 0.6 is 0 Å². The Balaban J connectivity index is 4.53.